The number of rotatable bonds is 6. The predicted molar refractivity (Wildman–Crippen MR) is 68.9 cm³/mol. The molecule has 2 rings (SSSR count). The molecule has 0 saturated carbocycles. The number of aromatic nitrogens is 3. The van der Waals surface area contributed by atoms with E-state index in [2.05, 4.69) is 14.8 Å². The third-order valence-electron chi connectivity index (χ3n) is 2.35. The Balaban J connectivity index is 1.95. The van der Waals surface area contributed by atoms with E-state index >= 15 is 0 Å². The number of hydrogen-bond acceptors (Lipinski definition) is 5. The van der Waals surface area contributed by atoms with Gasteiger partial charge in [-0.3, -0.25) is 4.68 Å². The van der Waals surface area contributed by atoms with Gasteiger partial charge < -0.3 is 0 Å². The van der Waals surface area contributed by atoms with Crippen LogP contribution in [-0.2, 0) is 23.0 Å². The van der Waals surface area contributed by atoms with Crippen molar-refractivity contribution in [2.75, 3.05) is 6.54 Å². The average Bonchev–Trinajstić information content (AvgIpc) is 2.99. The van der Waals surface area contributed by atoms with Crippen molar-refractivity contribution in [2.45, 2.75) is 24.1 Å². The van der Waals surface area contributed by atoms with Crippen molar-refractivity contribution in [3.8, 4) is 0 Å². The lowest BCUT2D eigenvalue weighted by Gasteiger charge is -2.04. The van der Waals surface area contributed by atoms with Gasteiger partial charge in [-0.25, -0.2) is 18.1 Å². The first-order valence-electron chi connectivity index (χ1n) is 5.52. The average molecular weight is 286 g/mol. The molecule has 0 fully saturated rings. The molecule has 0 radical (unpaired) electrons. The summed E-state index contributed by atoms with van der Waals surface area (Å²) >= 11 is 1.30. The molecule has 0 unspecified atom stereocenters. The maximum Gasteiger partial charge on any atom is 0.250 e. The molecular weight excluding hydrogens is 272 g/mol. The Bertz CT molecular complexity index is 589. The van der Waals surface area contributed by atoms with E-state index < -0.39 is 10.0 Å². The summed E-state index contributed by atoms with van der Waals surface area (Å²) in [4.78, 5) is 4.85. The SMILES string of the molecule is CCc1ccc(S(=O)(=O)NCCn2cncn2)s1. The molecule has 18 heavy (non-hydrogen) atoms. The van der Waals surface area contributed by atoms with Crippen LogP contribution in [0.2, 0.25) is 0 Å². The van der Waals surface area contributed by atoms with Gasteiger partial charge in [0.25, 0.3) is 0 Å². The van der Waals surface area contributed by atoms with E-state index in [0.29, 0.717) is 17.3 Å². The summed E-state index contributed by atoms with van der Waals surface area (Å²) in [7, 11) is -3.40. The molecule has 0 amide bonds. The van der Waals surface area contributed by atoms with E-state index in [-0.39, 0.29) is 0 Å². The van der Waals surface area contributed by atoms with Crippen LogP contribution in [0, 0.1) is 0 Å². The Morgan fingerprint density at radius 3 is 2.89 bits per heavy atom. The zero-order chi connectivity index (χ0) is 13.0. The third kappa shape index (κ3) is 3.15. The molecule has 0 aliphatic carbocycles. The maximum absolute atomic E-state index is 11.9. The second kappa shape index (κ2) is 5.59. The highest BCUT2D eigenvalue weighted by molar-refractivity contribution is 7.91. The lowest BCUT2D eigenvalue weighted by molar-refractivity contribution is 0.562. The minimum atomic E-state index is -3.40. The van der Waals surface area contributed by atoms with Gasteiger partial charge in [0.05, 0.1) is 6.54 Å². The van der Waals surface area contributed by atoms with Crippen molar-refractivity contribution in [1.82, 2.24) is 19.5 Å². The second-order valence-electron chi connectivity index (χ2n) is 3.63. The summed E-state index contributed by atoms with van der Waals surface area (Å²) in [5, 5.41) is 3.90. The number of aryl methyl sites for hydroxylation is 1. The lowest BCUT2D eigenvalue weighted by Crippen LogP contribution is -2.26. The first-order valence-corrected chi connectivity index (χ1v) is 7.82. The molecule has 0 aliphatic heterocycles. The fourth-order valence-corrected chi connectivity index (χ4v) is 3.77. The molecule has 1 N–H and O–H groups in total. The molecule has 8 heteroatoms. The maximum atomic E-state index is 11.9. The van der Waals surface area contributed by atoms with Gasteiger partial charge in [-0.05, 0) is 18.6 Å². The minimum absolute atomic E-state index is 0.297. The Hall–Kier alpha value is -1.25. The van der Waals surface area contributed by atoms with Crippen LogP contribution in [0.25, 0.3) is 0 Å². The van der Waals surface area contributed by atoms with Crippen molar-refractivity contribution in [3.05, 3.63) is 29.7 Å². The van der Waals surface area contributed by atoms with Crippen molar-refractivity contribution >= 4 is 21.4 Å². The monoisotopic (exact) mass is 286 g/mol. The van der Waals surface area contributed by atoms with Crippen molar-refractivity contribution in [1.29, 1.82) is 0 Å². The van der Waals surface area contributed by atoms with Crippen molar-refractivity contribution in [3.63, 3.8) is 0 Å². The Labute approximate surface area is 110 Å². The van der Waals surface area contributed by atoms with Crippen LogP contribution in [-0.4, -0.2) is 29.7 Å². The third-order valence-corrected chi connectivity index (χ3v) is 5.53. The molecule has 2 aromatic rings. The highest BCUT2D eigenvalue weighted by Gasteiger charge is 2.15. The number of nitrogens with zero attached hydrogens (tertiary/aromatic N) is 3. The van der Waals surface area contributed by atoms with E-state index in [1.54, 1.807) is 17.1 Å². The smallest absolute Gasteiger partial charge is 0.250 e. The lowest BCUT2D eigenvalue weighted by atomic mass is 10.4. The van der Waals surface area contributed by atoms with Gasteiger partial charge >= 0.3 is 0 Å². The standard InChI is InChI=1S/C10H14N4O2S2/c1-2-9-3-4-10(17-9)18(15,16)13-5-6-14-8-11-7-12-14/h3-4,7-8,13H,2,5-6H2,1H3. The highest BCUT2D eigenvalue weighted by atomic mass is 32.2. The summed E-state index contributed by atoms with van der Waals surface area (Å²) in [5.74, 6) is 0. The molecule has 2 heterocycles. The van der Waals surface area contributed by atoms with Gasteiger partial charge in [-0.2, -0.15) is 5.10 Å². The van der Waals surface area contributed by atoms with Gasteiger partial charge in [0, 0.05) is 11.4 Å². The fourth-order valence-electron chi connectivity index (χ4n) is 1.41. The summed E-state index contributed by atoms with van der Waals surface area (Å²) in [5.41, 5.74) is 0. The van der Waals surface area contributed by atoms with Crippen LogP contribution in [0.1, 0.15) is 11.8 Å². The van der Waals surface area contributed by atoms with E-state index in [9.17, 15) is 8.42 Å². The number of hydrogen-bond donors (Lipinski definition) is 1. The summed E-state index contributed by atoms with van der Waals surface area (Å²) in [6.45, 7) is 2.76. The molecule has 0 bridgehead atoms. The van der Waals surface area contributed by atoms with Gasteiger partial charge in [0.1, 0.15) is 16.9 Å². The highest BCUT2D eigenvalue weighted by Crippen LogP contribution is 2.21. The van der Waals surface area contributed by atoms with Crippen LogP contribution < -0.4 is 4.72 Å². The number of nitrogens with one attached hydrogen (secondary N) is 1. The van der Waals surface area contributed by atoms with E-state index in [1.807, 2.05) is 13.0 Å². The number of thiophene rings is 1. The molecular formula is C10H14N4O2S2. The summed E-state index contributed by atoms with van der Waals surface area (Å²) in [6, 6.07) is 3.48. The van der Waals surface area contributed by atoms with Crippen LogP contribution >= 0.6 is 11.3 Å². The van der Waals surface area contributed by atoms with Crippen LogP contribution in [0.3, 0.4) is 0 Å². The molecule has 0 aliphatic rings. The predicted octanol–water partition coefficient (Wildman–Crippen LogP) is 0.880. The summed E-state index contributed by atoms with van der Waals surface area (Å²) < 4.78 is 28.4. The summed E-state index contributed by atoms with van der Waals surface area (Å²) in [6.07, 6.45) is 3.81. The second-order valence-corrected chi connectivity index (χ2v) is 6.79. The fraction of sp³-hybridized carbons (Fsp3) is 0.400. The topological polar surface area (TPSA) is 76.9 Å². The van der Waals surface area contributed by atoms with E-state index in [1.165, 1.54) is 17.7 Å². The van der Waals surface area contributed by atoms with E-state index in [4.69, 9.17) is 0 Å². The molecule has 6 nitrogen and oxygen atoms in total. The van der Waals surface area contributed by atoms with Crippen LogP contribution in [0.15, 0.2) is 29.0 Å². The Morgan fingerprint density at radius 2 is 2.28 bits per heavy atom. The van der Waals surface area contributed by atoms with Gasteiger partial charge in [-0.15, -0.1) is 11.3 Å². The first kappa shape index (κ1) is 13.2. The Morgan fingerprint density at radius 1 is 1.44 bits per heavy atom. The zero-order valence-electron chi connectivity index (χ0n) is 9.91. The molecule has 2 aromatic heterocycles. The van der Waals surface area contributed by atoms with Gasteiger partial charge in [0.15, 0.2) is 0 Å². The van der Waals surface area contributed by atoms with Gasteiger partial charge in [0.2, 0.25) is 10.0 Å². The quantitative estimate of drug-likeness (QED) is 0.855. The molecule has 0 spiro atoms. The van der Waals surface area contributed by atoms with Crippen LogP contribution in [0.5, 0.6) is 0 Å². The molecule has 0 atom stereocenters. The molecule has 0 saturated heterocycles. The molecule has 0 aromatic carbocycles. The van der Waals surface area contributed by atoms with Crippen molar-refractivity contribution in [2.24, 2.45) is 0 Å². The van der Waals surface area contributed by atoms with Crippen LogP contribution in [0.4, 0.5) is 0 Å². The van der Waals surface area contributed by atoms with Crippen molar-refractivity contribution < 1.29 is 8.42 Å². The Kier molecular flexibility index (Phi) is 4.10. The first-order chi connectivity index (χ1) is 8.62. The minimum Gasteiger partial charge on any atom is -0.252 e. The van der Waals surface area contributed by atoms with Gasteiger partial charge in [-0.1, -0.05) is 6.92 Å². The molecule has 98 valence electrons. The van der Waals surface area contributed by atoms with E-state index in [0.717, 1.165) is 11.3 Å². The largest absolute Gasteiger partial charge is 0.252 e. The normalized spacial score (nSPS) is 11.8. The zero-order valence-corrected chi connectivity index (χ0v) is 11.5. The number of sulfonamides is 1.